The highest BCUT2D eigenvalue weighted by Crippen LogP contribution is 2.41. The van der Waals surface area contributed by atoms with Gasteiger partial charge in [0.25, 0.3) is 0 Å². The second-order valence-electron chi connectivity index (χ2n) is 7.66. The molecule has 4 rings (SSSR count). The molecule has 2 nitrogen and oxygen atoms in total. The van der Waals surface area contributed by atoms with Gasteiger partial charge in [-0.15, -0.1) is 11.3 Å². The summed E-state index contributed by atoms with van der Waals surface area (Å²) in [6, 6.07) is 18.1. The lowest BCUT2D eigenvalue weighted by molar-refractivity contribution is 0.477. The molecule has 0 saturated heterocycles. The van der Waals surface area contributed by atoms with Crippen LogP contribution in [0, 0.1) is 5.82 Å². The Labute approximate surface area is 162 Å². The molecule has 1 N–H and O–H groups in total. The lowest BCUT2D eigenvalue weighted by Crippen LogP contribution is -2.11. The number of hydrogen-bond donors (Lipinski definition) is 1. The van der Waals surface area contributed by atoms with Gasteiger partial charge in [0, 0.05) is 5.56 Å². The number of phenols is 1. The molecule has 4 heteroatoms. The summed E-state index contributed by atoms with van der Waals surface area (Å²) < 4.78 is 14.5. The van der Waals surface area contributed by atoms with E-state index in [1.165, 1.54) is 17.7 Å². The van der Waals surface area contributed by atoms with E-state index in [9.17, 15) is 9.50 Å². The summed E-state index contributed by atoms with van der Waals surface area (Å²) in [5.74, 6) is -0.0360. The summed E-state index contributed by atoms with van der Waals surface area (Å²) in [5.41, 5.74) is 4.68. The lowest BCUT2D eigenvalue weighted by Gasteiger charge is -2.20. The molecule has 3 aromatic carbocycles. The van der Waals surface area contributed by atoms with Crippen molar-refractivity contribution in [1.82, 2.24) is 4.98 Å². The minimum Gasteiger partial charge on any atom is -0.507 e. The highest BCUT2D eigenvalue weighted by atomic mass is 32.1. The number of thiazole rings is 1. The Hall–Kier alpha value is -2.72. The first-order valence-electron chi connectivity index (χ1n) is 8.82. The van der Waals surface area contributed by atoms with Gasteiger partial charge in [-0.2, -0.15) is 0 Å². The second-order valence-corrected chi connectivity index (χ2v) is 8.69. The van der Waals surface area contributed by atoms with E-state index in [0.29, 0.717) is 0 Å². The fraction of sp³-hybridized carbons (Fsp3) is 0.174. The number of fused-ring (bicyclic) bond motifs is 1. The predicted octanol–water partition coefficient (Wildman–Crippen LogP) is 6.77. The summed E-state index contributed by atoms with van der Waals surface area (Å²) in [6.45, 7) is 6.52. The minimum atomic E-state index is -0.254. The molecule has 0 aliphatic rings. The maximum absolute atomic E-state index is 13.4. The van der Waals surface area contributed by atoms with Gasteiger partial charge in [-0.3, -0.25) is 0 Å². The van der Waals surface area contributed by atoms with Crippen LogP contribution in [-0.4, -0.2) is 10.1 Å². The average molecular weight is 377 g/mol. The molecule has 0 atom stereocenters. The number of hydrogen-bond acceptors (Lipinski definition) is 3. The second kappa shape index (κ2) is 6.46. The van der Waals surface area contributed by atoms with Crippen LogP contribution in [0.4, 0.5) is 4.39 Å². The van der Waals surface area contributed by atoms with Gasteiger partial charge in [-0.05, 0) is 52.9 Å². The number of halogens is 1. The van der Waals surface area contributed by atoms with Crippen molar-refractivity contribution in [3.63, 3.8) is 0 Å². The van der Waals surface area contributed by atoms with Crippen molar-refractivity contribution in [2.24, 2.45) is 0 Å². The number of aromatic nitrogens is 1. The van der Waals surface area contributed by atoms with Crippen LogP contribution in [0.25, 0.3) is 31.9 Å². The number of rotatable bonds is 2. The zero-order valence-corrected chi connectivity index (χ0v) is 16.3. The summed E-state index contributed by atoms with van der Waals surface area (Å²) in [5, 5.41) is 11.0. The van der Waals surface area contributed by atoms with Crippen LogP contribution in [0.15, 0.2) is 60.7 Å². The van der Waals surface area contributed by atoms with Crippen molar-refractivity contribution in [2.45, 2.75) is 26.2 Å². The van der Waals surface area contributed by atoms with Crippen LogP contribution >= 0.6 is 11.3 Å². The Morgan fingerprint density at radius 2 is 1.63 bits per heavy atom. The van der Waals surface area contributed by atoms with Crippen molar-refractivity contribution in [1.29, 1.82) is 0 Å². The highest BCUT2D eigenvalue weighted by Gasteiger charge is 2.20. The van der Waals surface area contributed by atoms with E-state index in [2.05, 4.69) is 32.9 Å². The normalized spacial score (nSPS) is 11.9. The van der Waals surface area contributed by atoms with Crippen molar-refractivity contribution >= 4 is 21.6 Å². The van der Waals surface area contributed by atoms with Gasteiger partial charge in [-0.1, -0.05) is 45.0 Å². The quantitative estimate of drug-likeness (QED) is 0.418. The molecule has 0 radical (unpaired) electrons. The number of phenolic OH excluding ortho intramolecular Hbond substituents is 1. The third-order valence-corrected chi connectivity index (χ3v) is 5.69. The SMILES string of the molecule is CC(C)(C)c1cc(-c2ccc(F)cc2)c2nc(-c3ccccc3O)sc2c1. The maximum Gasteiger partial charge on any atom is 0.128 e. The fourth-order valence-electron chi connectivity index (χ4n) is 3.08. The summed E-state index contributed by atoms with van der Waals surface area (Å²) in [7, 11) is 0. The van der Waals surface area contributed by atoms with Crippen molar-refractivity contribution in [3.05, 3.63) is 72.0 Å². The zero-order valence-electron chi connectivity index (χ0n) is 15.5. The fourth-order valence-corrected chi connectivity index (χ4v) is 4.15. The van der Waals surface area contributed by atoms with E-state index in [1.807, 2.05) is 12.1 Å². The van der Waals surface area contributed by atoms with E-state index in [0.717, 1.165) is 31.9 Å². The molecule has 0 amide bonds. The van der Waals surface area contributed by atoms with Crippen LogP contribution in [0.1, 0.15) is 26.3 Å². The maximum atomic E-state index is 13.4. The molecule has 0 aliphatic carbocycles. The number of nitrogens with zero attached hydrogens (tertiary/aromatic N) is 1. The molecule has 0 bridgehead atoms. The van der Waals surface area contributed by atoms with Crippen LogP contribution in [0.3, 0.4) is 0 Å². The van der Waals surface area contributed by atoms with E-state index in [4.69, 9.17) is 4.98 Å². The average Bonchev–Trinajstić information content (AvgIpc) is 3.05. The molecular weight excluding hydrogens is 357 g/mol. The first-order valence-corrected chi connectivity index (χ1v) is 9.64. The third kappa shape index (κ3) is 3.33. The van der Waals surface area contributed by atoms with Gasteiger partial charge in [0.15, 0.2) is 0 Å². The Kier molecular flexibility index (Phi) is 4.23. The van der Waals surface area contributed by atoms with Crippen LogP contribution in [0.5, 0.6) is 5.75 Å². The molecular formula is C23H20FNOS. The monoisotopic (exact) mass is 377 g/mol. The van der Waals surface area contributed by atoms with E-state index in [-0.39, 0.29) is 17.0 Å². The molecule has 0 aliphatic heterocycles. The van der Waals surface area contributed by atoms with Crippen molar-refractivity contribution in [2.75, 3.05) is 0 Å². The Morgan fingerprint density at radius 1 is 0.926 bits per heavy atom. The summed E-state index contributed by atoms with van der Waals surface area (Å²) in [6.07, 6.45) is 0. The third-order valence-electron chi connectivity index (χ3n) is 4.65. The molecule has 0 unspecified atom stereocenters. The standard InChI is InChI=1S/C23H20FNOS/c1-23(2,3)15-12-18(14-8-10-16(24)11-9-14)21-20(13-15)27-22(25-21)17-6-4-5-7-19(17)26/h4-13,26H,1-3H3. The Bertz CT molecular complexity index is 1120. The molecule has 136 valence electrons. The molecule has 1 heterocycles. The molecule has 0 spiro atoms. The highest BCUT2D eigenvalue weighted by molar-refractivity contribution is 7.21. The van der Waals surface area contributed by atoms with E-state index < -0.39 is 0 Å². The molecule has 4 aromatic rings. The minimum absolute atomic E-state index is 0.0258. The predicted molar refractivity (Wildman–Crippen MR) is 111 cm³/mol. The first-order chi connectivity index (χ1) is 12.8. The largest absolute Gasteiger partial charge is 0.507 e. The lowest BCUT2D eigenvalue weighted by atomic mass is 9.85. The van der Waals surface area contributed by atoms with Gasteiger partial charge in [0.1, 0.15) is 16.6 Å². The van der Waals surface area contributed by atoms with Gasteiger partial charge >= 0.3 is 0 Å². The molecule has 0 saturated carbocycles. The molecule has 27 heavy (non-hydrogen) atoms. The van der Waals surface area contributed by atoms with Gasteiger partial charge in [0.2, 0.25) is 0 Å². The Morgan fingerprint density at radius 3 is 2.30 bits per heavy atom. The summed E-state index contributed by atoms with van der Waals surface area (Å²) >= 11 is 1.56. The van der Waals surface area contributed by atoms with Crippen LogP contribution in [-0.2, 0) is 5.41 Å². The molecule has 1 aromatic heterocycles. The van der Waals surface area contributed by atoms with E-state index in [1.54, 1.807) is 35.6 Å². The molecule has 0 fully saturated rings. The number of para-hydroxylation sites is 1. The number of benzene rings is 3. The van der Waals surface area contributed by atoms with Crippen molar-refractivity contribution < 1.29 is 9.50 Å². The van der Waals surface area contributed by atoms with E-state index >= 15 is 0 Å². The zero-order chi connectivity index (χ0) is 19.2. The van der Waals surface area contributed by atoms with Gasteiger partial charge in [0.05, 0.1) is 15.8 Å². The van der Waals surface area contributed by atoms with Gasteiger partial charge in [-0.25, -0.2) is 9.37 Å². The topological polar surface area (TPSA) is 33.1 Å². The van der Waals surface area contributed by atoms with Crippen molar-refractivity contribution in [3.8, 4) is 27.4 Å². The first kappa shape index (κ1) is 17.7. The summed E-state index contributed by atoms with van der Waals surface area (Å²) in [4.78, 5) is 4.83. The van der Waals surface area contributed by atoms with Crippen LogP contribution in [0.2, 0.25) is 0 Å². The smallest absolute Gasteiger partial charge is 0.128 e. The number of aromatic hydroxyl groups is 1. The van der Waals surface area contributed by atoms with Gasteiger partial charge < -0.3 is 5.11 Å². The van der Waals surface area contributed by atoms with Crippen LogP contribution < -0.4 is 0 Å². The Balaban J connectivity index is 1.99.